The number of para-hydroxylation sites is 1. The zero-order valence-electron chi connectivity index (χ0n) is 15.6. The molecule has 1 amide bonds. The zero-order chi connectivity index (χ0) is 20.1. The molecule has 28 heavy (non-hydrogen) atoms. The Bertz CT molecular complexity index is 925. The van der Waals surface area contributed by atoms with Gasteiger partial charge in [-0.1, -0.05) is 30.7 Å². The van der Waals surface area contributed by atoms with Crippen molar-refractivity contribution < 1.29 is 17.9 Å². The smallest absolute Gasteiger partial charge is 0.265 e. The van der Waals surface area contributed by atoms with Gasteiger partial charge in [0, 0.05) is 18.8 Å². The molecule has 1 saturated heterocycles. The van der Waals surface area contributed by atoms with Gasteiger partial charge in [-0.25, -0.2) is 8.42 Å². The van der Waals surface area contributed by atoms with Crippen LogP contribution in [0.2, 0.25) is 5.02 Å². The van der Waals surface area contributed by atoms with Crippen LogP contribution in [-0.4, -0.2) is 37.8 Å². The van der Waals surface area contributed by atoms with Gasteiger partial charge in [-0.2, -0.15) is 4.31 Å². The van der Waals surface area contributed by atoms with Gasteiger partial charge in [-0.15, -0.1) is 0 Å². The number of nitrogens with one attached hydrogen (secondary N) is 1. The second kappa shape index (κ2) is 8.94. The summed E-state index contributed by atoms with van der Waals surface area (Å²) >= 11 is 6.09. The van der Waals surface area contributed by atoms with Crippen molar-refractivity contribution in [3.8, 4) is 5.75 Å². The molecule has 2 aromatic rings. The van der Waals surface area contributed by atoms with E-state index in [4.69, 9.17) is 16.3 Å². The highest BCUT2D eigenvalue weighted by Crippen LogP contribution is 2.26. The molecule has 0 spiro atoms. The number of carbonyl (C=O) groups is 1. The number of benzene rings is 2. The normalized spacial score (nSPS) is 15.9. The lowest BCUT2D eigenvalue weighted by atomic mass is 10.2. The molecule has 0 aliphatic carbocycles. The Morgan fingerprint density at radius 1 is 1.14 bits per heavy atom. The van der Waals surface area contributed by atoms with E-state index in [-0.39, 0.29) is 10.8 Å². The highest BCUT2D eigenvalue weighted by Gasteiger charge is 2.27. The molecular weight excluding hydrogens is 400 g/mol. The van der Waals surface area contributed by atoms with Gasteiger partial charge in [-0.05, 0) is 55.7 Å². The summed E-state index contributed by atoms with van der Waals surface area (Å²) in [7, 11) is -3.47. The van der Waals surface area contributed by atoms with Gasteiger partial charge in [0.2, 0.25) is 10.0 Å². The van der Waals surface area contributed by atoms with E-state index in [9.17, 15) is 13.2 Å². The molecule has 1 heterocycles. The van der Waals surface area contributed by atoms with Crippen molar-refractivity contribution >= 4 is 33.2 Å². The van der Waals surface area contributed by atoms with E-state index in [0.717, 1.165) is 12.8 Å². The largest absolute Gasteiger partial charge is 0.479 e. The number of sulfonamides is 1. The third-order valence-electron chi connectivity index (χ3n) is 4.59. The van der Waals surface area contributed by atoms with E-state index in [1.807, 2.05) is 6.92 Å². The van der Waals surface area contributed by atoms with Gasteiger partial charge in [0.05, 0.1) is 9.92 Å². The maximum absolute atomic E-state index is 12.6. The average Bonchev–Trinajstić information content (AvgIpc) is 3.23. The lowest BCUT2D eigenvalue weighted by Crippen LogP contribution is -2.32. The molecule has 0 saturated carbocycles. The Hall–Kier alpha value is -2.09. The van der Waals surface area contributed by atoms with Gasteiger partial charge in [0.25, 0.3) is 5.91 Å². The van der Waals surface area contributed by atoms with Crippen LogP contribution in [0.15, 0.2) is 53.4 Å². The summed E-state index contributed by atoms with van der Waals surface area (Å²) in [5.41, 5.74) is 0.506. The lowest BCUT2D eigenvalue weighted by Gasteiger charge is -2.18. The van der Waals surface area contributed by atoms with Crippen LogP contribution < -0.4 is 10.1 Å². The molecule has 0 aromatic heterocycles. The second-order valence-electron chi connectivity index (χ2n) is 6.57. The zero-order valence-corrected chi connectivity index (χ0v) is 17.2. The molecule has 8 heteroatoms. The van der Waals surface area contributed by atoms with E-state index >= 15 is 0 Å². The maximum atomic E-state index is 12.6. The van der Waals surface area contributed by atoms with Crippen LogP contribution in [0.5, 0.6) is 5.75 Å². The van der Waals surface area contributed by atoms with Gasteiger partial charge in [0.15, 0.2) is 6.10 Å². The van der Waals surface area contributed by atoms with Crippen molar-refractivity contribution in [3.63, 3.8) is 0 Å². The van der Waals surface area contributed by atoms with Crippen LogP contribution in [0.3, 0.4) is 0 Å². The first-order valence-electron chi connectivity index (χ1n) is 9.24. The minimum atomic E-state index is -3.47. The molecule has 1 fully saturated rings. The first-order chi connectivity index (χ1) is 13.4. The molecule has 3 rings (SSSR count). The van der Waals surface area contributed by atoms with E-state index in [1.54, 1.807) is 36.4 Å². The Morgan fingerprint density at radius 3 is 2.39 bits per heavy atom. The van der Waals surface area contributed by atoms with Crippen LogP contribution in [-0.2, 0) is 14.8 Å². The van der Waals surface area contributed by atoms with Crippen molar-refractivity contribution in [3.05, 3.63) is 53.6 Å². The van der Waals surface area contributed by atoms with Gasteiger partial charge >= 0.3 is 0 Å². The molecule has 0 radical (unpaired) electrons. The fraction of sp³-hybridized carbons (Fsp3) is 0.350. The predicted octanol–water partition coefficient (Wildman–Crippen LogP) is 3.92. The SMILES string of the molecule is CC[C@H](Oc1ccccc1Cl)C(=O)Nc1ccc(S(=O)(=O)N2CCCC2)cc1. The minimum Gasteiger partial charge on any atom is -0.479 e. The van der Waals surface area contributed by atoms with Crippen LogP contribution >= 0.6 is 11.6 Å². The summed E-state index contributed by atoms with van der Waals surface area (Å²) in [6, 6.07) is 13.2. The second-order valence-corrected chi connectivity index (χ2v) is 8.92. The predicted molar refractivity (Wildman–Crippen MR) is 109 cm³/mol. The minimum absolute atomic E-state index is 0.228. The Morgan fingerprint density at radius 2 is 1.79 bits per heavy atom. The van der Waals surface area contributed by atoms with Crippen molar-refractivity contribution in [2.24, 2.45) is 0 Å². The fourth-order valence-electron chi connectivity index (χ4n) is 3.03. The number of hydrogen-bond acceptors (Lipinski definition) is 4. The summed E-state index contributed by atoms with van der Waals surface area (Å²) in [6.45, 7) is 2.95. The molecule has 1 aliphatic heterocycles. The van der Waals surface area contributed by atoms with E-state index < -0.39 is 16.1 Å². The van der Waals surface area contributed by atoms with E-state index in [2.05, 4.69) is 5.32 Å². The Labute approximate surface area is 170 Å². The highest BCUT2D eigenvalue weighted by molar-refractivity contribution is 7.89. The summed E-state index contributed by atoms with van der Waals surface area (Å²) < 4.78 is 32.3. The standard InChI is InChI=1S/C20H23ClN2O4S/c1-2-18(27-19-8-4-3-7-17(19)21)20(24)22-15-9-11-16(12-10-15)28(25,26)23-13-5-6-14-23/h3-4,7-12,18H,2,5-6,13-14H2,1H3,(H,22,24)/t18-/m0/s1. The molecule has 0 bridgehead atoms. The molecule has 2 aromatic carbocycles. The quantitative estimate of drug-likeness (QED) is 0.733. The van der Waals surface area contributed by atoms with Crippen LogP contribution in [0, 0.1) is 0 Å². The highest BCUT2D eigenvalue weighted by atomic mass is 35.5. The number of nitrogens with zero attached hydrogens (tertiary/aromatic N) is 1. The van der Waals surface area contributed by atoms with Crippen molar-refractivity contribution in [1.29, 1.82) is 0 Å². The third-order valence-corrected chi connectivity index (χ3v) is 6.82. The molecule has 1 atom stereocenters. The molecule has 150 valence electrons. The number of halogens is 1. The monoisotopic (exact) mass is 422 g/mol. The van der Waals surface area contributed by atoms with E-state index in [1.165, 1.54) is 16.4 Å². The molecular formula is C20H23ClN2O4S. The lowest BCUT2D eigenvalue weighted by molar-refractivity contribution is -0.122. The van der Waals surface area contributed by atoms with Gasteiger partial charge in [-0.3, -0.25) is 4.79 Å². The summed E-state index contributed by atoms with van der Waals surface area (Å²) in [4.78, 5) is 12.8. The van der Waals surface area contributed by atoms with Crippen molar-refractivity contribution in [1.82, 2.24) is 4.31 Å². The summed E-state index contributed by atoms with van der Waals surface area (Å²) in [5.74, 6) is 0.121. The number of carbonyl (C=O) groups excluding carboxylic acids is 1. The summed E-state index contributed by atoms with van der Waals surface area (Å²) in [5, 5.41) is 3.20. The molecule has 0 unspecified atom stereocenters. The summed E-state index contributed by atoms with van der Waals surface area (Å²) in [6.07, 6.45) is 1.51. The third kappa shape index (κ3) is 4.66. The molecule has 1 N–H and O–H groups in total. The van der Waals surface area contributed by atoms with Crippen molar-refractivity contribution in [2.45, 2.75) is 37.2 Å². The van der Waals surface area contributed by atoms with E-state index in [0.29, 0.717) is 36.0 Å². The maximum Gasteiger partial charge on any atom is 0.265 e. The molecule has 6 nitrogen and oxygen atoms in total. The fourth-order valence-corrected chi connectivity index (χ4v) is 4.72. The Balaban J connectivity index is 1.67. The average molecular weight is 423 g/mol. The van der Waals surface area contributed by atoms with Crippen molar-refractivity contribution in [2.75, 3.05) is 18.4 Å². The number of amides is 1. The van der Waals surface area contributed by atoms with Crippen LogP contribution in [0.25, 0.3) is 0 Å². The first kappa shape index (κ1) is 20.6. The van der Waals surface area contributed by atoms with Crippen LogP contribution in [0.1, 0.15) is 26.2 Å². The molecule has 1 aliphatic rings. The Kier molecular flexibility index (Phi) is 6.59. The number of ether oxygens (including phenoxy) is 1. The number of hydrogen-bond donors (Lipinski definition) is 1. The topological polar surface area (TPSA) is 75.7 Å². The number of rotatable bonds is 7. The van der Waals surface area contributed by atoms with Crippen LogP contribution in [0.4, 0.5) is 5.69 Å². The number of anilines is 1. The van der Waals surface area contributed by atoms with Gasteiger partial charge < -0.3 is 10.1 Å². The van der Waals surface area contributed by atoms with Gasteiger partial charge in [0.1, 0.15) is 5.75 Å². The first-order valence-corrected chi connectivity index (χ1v) is 11.1.